The van der Waals surface area contributed by atoms with E-state index in [9.17, 15) is 0 Å². The smallest absolute Gasteiger partial charge is 0.0548 e. The van der Waals surface area contributed by atoms with Crippen molar-refractivity contribution in [2.24, 2.45) is 0 Å². The van der Waals surface area contributed by atoms with Gasteiger partial charge in [-0.15, -0.1) is 0 Å². The Morgan fingerprint density at radius 1 is 0.692 bits per heavy atom. The van der Waals surface area contributed by atoms with Crippen molar-refractivity contribution in [3.8, 4) is 11.1 Å². The van der Waals surface area contributed by atoms with Gasteiger partial charge in [0, 0.05) is 27.1 Å². The molecule has 5 aromatic rings. The minimum Gasteiger partial charge on any atom is -0.354 e. The summed E-state index contributed by atoms with van der Waals surface area (Å²) in [5, 5.41) is 5.37. The molecule has 0 spiro atoms. The first kappa shape index (κ1) is 14.1. The average molecular weight is 333 g/mol. The molecule has 1 N–H and O–H groups in total. The van der Waals surface area contributed by atoms with E-state index in [0.717, 1.165) is 0 Å². The number of nitrogens with one attached hydrogen (secondary N) is 1. The molecular weight excluding hydrogens is 314 g/mol. The van der Waals surface area contributed by atoms with Crippen LogP contribution < -0.4 is 0 Å². The Hall–Kier alpha value is -3.06. The zero-order chi connectivity index (χ0) is 17.5. The maximum Gasteiger partial charge on any atom is 0.0548 e. The molecule has 6 rings (SSSR count). The Bertz CT molecular complexity index is 1350. The summed E-state index contributed by atoms with van der Waals surface area (Å²) >= 11 is 0. The summed E-state index contributed by atoms with van der Waals surface area (Å²) in [5.74, 6) is 0. The Balaban J connectivity index is 1.99. The lowest BCUT2D eigenvalue weighted by molar-refractivity contribution is 0.667. The Morgan fingerprint density at radius 3 is 2.19 bits per heavy atom. The van der Waals surface area contributed by atoms with Gasteiger partial charge in [-0.2, -0.15) is 0 Å². The lowest BCUT2D eigenvalue weighted by Gasteiger charge is -2.23. The van der Waals surface area contributed by atoms with E-state index >= 15 is 0 Å². The van der Waals surface area contributed by atoms with E-state index in [1.165, 1.54) is 54.8 Å². The first-order chi connectivity index (χ1) is 12.7. The van der Waals surface area contributed by atoms with E-state index in [-0.39, 0.29) is 5.41 Å². The van der Waals surface area contributed by atoms with Crippen molar-refractivity contribution in [2.75, 3.05) is 0 Å². The highest BCUT2D eigenvalue weighted by atomic mass is 14.7. The van der Waals surface area contributed by atoms with Crippen LogP contribution in [0.4, 0.5) is 0 Å². The quantitative estimate of drug-likeness (QED) is 0.321. The number of hydrogen-bond donors (Lipinski definition) is 1. The van der Waals surface area contributed by atoms with Crippen molar-refractivity contribution in [3.63, 3.8) is 0 Å². The number of aromatic amines is 1. The fourth-order valence-electron chi connectivity index (χ4n) is 5.07. The molecule has 0 atom stereocenters. The van der Waals surface area contributed by atoms with Crippen molar-refractivity contribution < 1.29 is 0 Å². The van der Waals surface area contributed by atoms with Crippen LogP contribution in [0.5, 0.6) is 0 Å². The predicted molar refractivity (Wildman–Crippen MR) is 111 cm³/mol. The van der Waals surface area contributed by atoms with E-state index in [1.807, 2.05) is 0 Å². The first-order valence-electron chi connectivity index (χ1n) is 9.23. The number of aromatic nitrogens is 1. The maximum atomic E-state index is 3.72. The fourth-order valence-corrected chi connectivity index (χ4v) is 5.07. The highest BCUT2D eigenvalue weighted by molar-refractivity contribution is 6.24. The summed E-state index contributed by atoms with van der Waals surface area (Å²) in [6.07, 6.45) is 0. The molecule has 1 aliphatic carbocycles. The predicted octanol–water partition coefficient (Wildman–Crippen LogP) is 6.78. The van der Waals surface area contributed by atoms with Gasteiger partial charge in [0.05, 0.1) is 5.52 Å². The summed E-state index contributed by atoms with van der Waals surface area (Å²) in [6.45, 7) is 4.74. The van der Waals surface area contributed by atoms with Gasteiger partial charge >= 0.3 is 0 Å². The minimum absolute atomic E-state index is 0.0147. The molecule has 1 heteroatoms. The van der Waals surface area contributed by atoms with Crippen LogP contribution in [0.25, 0.3) is 43.7 Å². The summed E-state index contributed by atoms with van der Waals surface area (Å²) in [6, 6.07) is 26.4. The molecule has 26 heavy (non-hydrogen) atoms. The van der Waals surface area contributed by atoms with Crippen molar-refractivity contribution in [3.05, 3.63) is 83.9 Å². The van der Waals surface area contributed by atoms with Gasteiger partial charge in [0.2, 0.25) is 0 Å². The van der Waals surface area contributed by atoms with Crippen LogP contribution in [0, 0.1) is 0 Å². The first-order valence-corrected chi connectivity index (χ1v) is 9.23. The molecule has 1 aliphatic rings. The molecule has 0 saturated carbocycles. The van der Waals surface area contributed by atoms with Gasteiger partial charge < -0.3 is 4.98 Å². The lowest BCUT2D eigenvalue weighted by Crippen LogP contribution is -2.15. The molecule has 1 nitrogen and oxygen atoms in total. The molecule has 0 amide bonds. The number of hydrogen-bond acceptors (Lipinski definition) is 0. The normalized spacial score (nSPS) is 14.8. The fraction of sp³-hybridized carbons (Fsp3) is 0.120. The molecule has 0 radical (unpaired) electrons. The highest BCUT2D eigenvalue weighted by Crippen LogP contribution is 2.55. The van der Waals surface area contributed by atoms with Gasteiger partial charge in [0.15, 0.2) is 0 Å². The maximum absolute atomic E-state index is 3.72. The molecule has 0 unspecified atom stereocenters. The van der Waals surface area contributed by atoms with Gasteiger partial charge in [-0.1, -0.05) is 80.6 Å². The molecule has 0 aliphatic heterocycles. The number of para-hydroxylation sites is 1. The molecule has 1 heterocycles. The summed E-state index contributed by atoms with van der Waals surface area (Å²) in [4.78, 5) is 3.72. The van der Waals surface area contributed by atoms with Crippen molar-refractivity contribution in [1.82, 2.24) is 4.98 Å². The second-order valence-electron chi connectivity index (χ2n) is 7.89. The van der Waals surface area contributed by atoms with E-state index in [0.29, 0.717) is 0 Å². The van der Waals surface area contributed by atoms with Crippen molar-refractivity contribution >= 4 is 32.6 Å². The number of benzene rings is 4. The third-order valence-electron chi connectivity index (χ3n) is 6.17. The van der Waals surface area contributed by atoms with Crippen LogP contribution >= 0.6 is 0 Å². The summed E-state index contributed by atoms with van der Waals surface area (Å²) < 4.78 is 0. The average Bonchev–Trinajstić information content (AvgIpc) is 3.16. The van der Waals surface area contributed by atoms with Crippen LogP contribution in [0.1, 0.15) is 25.0 Å². The highest BCUT2D eigenvalue weighted by Gasteiger charge is 2.38. The van der Waals surface area contributed by atoms with Gasteiger partial charge in [-0.05, 0) is 33.7 Å². The van der Waals surface area contributed by atoms with E-state index in [2.05, 4.69) is 91.6 Å². The SMILES string of the molecule is CC1(C)c2ccccc2-c2c1c1c3ccccc3[nH]c1c1ccccc21. The van der Waals surface area contributed by atoms with Crippen LogP contribution in [-0.4, -0.2) is 4.98 Å². The van der Waals surface area contributed by atoms with Gasteiger partial charge in [0.1, 0.15) is 0 Å². The van der Waals surface area contributed by atoms with Crippen molar-refractivity contribution in [1.29, 1.82) is 0 Å². The van der Waals surface area contributed by atoms with Crippen LogP contribution in [0.15, 0.2) is 72.8 Å². The number of fused-ring (bicyclic) bond motifs is 10. The lowest BCUT2D eigenvalue weighted by atomic mass is 9.79. The van der Waals surface area contributed by atoms with Crippen LogP contribution in [-0.2, 0) is 5.41 Å². The molecule has 0 saturated heterocycles. The third kappa shape index (κ3) is 1.52. The molecule has 1 aromatic heterocycles. The van der Waals surface area contributed by atoms with E-state index in [4.69, 9.17) is 0 Å². The third-order valence-corrected chi connectivity index (χ3v) is 6.17. The monoisotopic (exact) mass is 333 g/mol. The van der Waals surface area contributed by atoms with Gasteiger partial charge in [-0.25, -0.2) is 0 Å². The Morgan fingerprint density at radius 2 is 1.35 bits per heavy atom. The minimum atomic E-state index is -0.0147. The second-order valence-corrected chi connectivity index (χ2v) is 7.89. The van der Waals surface area contributed by atoms with Crippen molar-refractivity contribution in [2.45, 2.75) is 19.3 Å². The molecule has 0 bridgehead atoms. The molecule has 0 fully saturated rings. The van der Waals surface area contributed by atoms with E-state index < -0.39 is 0 Å². The second kappa shape index (κ2) is 4.56. The number of H-pyrrole nitrogens is 1. The Kier molecular flexibility index (Phi) is 2.48. The summed E-state index contributed by atoms with van der Waals surface area (Å²) in [7, 11) is 0. The molecular formula is C25H19N. The molecule has 124 valence electrons. The largest absolute Gasteiger partial charge is 0.354 e. The van der Waals surface area contributed by atoms with E-state index in [1.54, 1.807) is 0 Å². The zero-order valence-corrected chi connectivity index (χ0v) is 14.9. The zero-order valence-electron chi connectivity index (χ0n) is 14.9. The van der Waals surface area contributed by atoms with Gasteiger partial charge in [-0.3, -0.25) is 0 Å². The Labute approximate surface area is 152 Å². The summed E-state index contributed by atoms with van der Waals surface area (Å²) in [5.41, 5.74) is 8.16. The topological polar surface area (TPSA) is 15.8 Å². The van der Waals surface area contributed by atoms with Crippen LogP contribution in [0.2, 0.25) is 0 Å². The molecule has 4 aromatic carbocycles. The van der Waals surface area contributed by atoms with Crippen LogP contribution in [0.3, 0.4) is 0 Å². The van der Waals surface area contributed by atoms with Gasteiger partial charge in [0.25, 0.3) is 0 Å². The standard InChI is InChI=1S/C25H19N/c1-25(2)19-13-7-5-11-17(19)21-15-9-3-4-10-16(15)24-22(23(21)25)18-12-6-8-14-20(18)26-24/h3-14,26H,1-2H3. The number of rotatable bonds is 0.